The Morgan fingerprint density at radius 2 is 2.25 bits per heavy atom. The summed E-state index contributed by atoms with van der Waals surface area (Å²) in [6.45, 7) is 0.752. The van der Waals surface area contributed by atoms with E-state index in [4.69, 9.17) is 22.7 Å². The molecule has 4 heteroatoms. The lowest BCUT2D eigenvalue weighted by Crippen LogP contribution is -2.12. The van der Waals surface area contributed by atoms with Crippen LogP contribution in [0.3, 0.4) is 0 Å². The van der Waals surface area contributed by atoms with E-state index in [9.17, 15) is 0 Å². The van der Waals surface area contributed by atoms with E-state index in [0.717, 1.165) is 34.7 Å². The van der Waals surface area contributed by atoms with Gasteiger partial charge in [0.2, 0.25) is 0 Å². The van der Waals surface area contributed by atoms with Crippen LogP contribution in [0.25, 0.3) is 0 Å². The van der Waals surface area contributed by atoms with Gasteiger partial charge in [0.05, 0.1) is 12.2 Å². The SMILES string of the molecule is NC(=S)c1cc(Br)ccc1OCCC1CC1. The Labute approximate surface area is 109 Å². The van der Waals surface area contributed by atoms with Crippen LogP contribution in [0, 0.1) is 5.92 Å². The van der Waals surface area contributed by atoms with Crippen LogP contribution in [-0.2, 0) is 0 Å². The topological polar surface area (TPSA) is 35.2 Å². The smallest absolute Gasteiger partial charge is 0.129 e. The number of nitrogens with two attached hydrogens (primary N) is 1. The third kappa shape index (κ3) is 3.19. The fraction of sp³-hybridized carbons (Fsp3) is 0.417. The zero-order valence-corrected chi connectivity index (χ0v) is 11.3. The molecule has 1 aliphatic carbocycles. The Bertz CT molecular complexity index is 404. The second-order valence-electron chi connectivity index (χ2n) is 4.09. The summed E-state index contributed by atoms with van der Waals surface area (Å²) in [5.74, 6) is 1.67. The van der Waals surface area contributed by atoms with Crippen molar-refractivity contribution in [2.45, 2.75) is 19.3 Å². The number of hydrogen-bond donors (Lipinski definition) is 1. The predicted octanol–water partition coefficient (Wildman–Crippen LogP) is 3.26. The highest BCUT2D eigenvalue weighted by molar-refractivity contribution is 9.10. The average Bonchev–Trinajstić information content (AvgIpc) is 3.04. The lowest BCUT2D eigenvalue weighted by Gasteiger charge is -2.10. The van der Waals surface area contributed by atoms with Gasteiger partial charge in [-0.2, -0.15) is 0 Å². The van der Waals surface area contributed by atoms with Crippen molar-refractivity contribution in [3.8, 4) is 5.75 Å². The van der Waals surface area contributed by atoms with Crippen LogP contribution in [0.4, 0.5) is 0 Å². The molecule has 1 aliphatic rings. The third-order valence-electron chi connectivity index (χ3n) is 2.69. The van der Waals surface area contributed by atoms with E-state index < -0.39 is 0 Å². The first-order valence-electron chi connectivity index (χ1n) is 5.39. The van der Waals surface area contributed by atoms with Crippen molar-refractivity contribution in [3.05, 3.63) is 28.2 Å². The molecule has 1 saturated carbocycles. The first kappa shape index (κ1) is 11.9. The van der Waals surface area contributed by atoms with Gasteiger partial charge in [0.25, 0.3) is 0 Å². The Balaban J connectivity index is 2.02. The molecule has 1 aromatic rings. The predicted molar refractivity (Wildman–Crippen MR) is 72.9 cm³/mol. The molecule has 86 valence electrons. The minimum Gasteiger partial charge on any atom is -0.493 e. The molecule has 0 unspecified atom stereocenters. The lowest BCUT2D eigenvalue weighted by molar-refractivity contribution is 0.302. The summed E-state index contributed by atoms with van der Waals surface area (Å²) in [7, 11) is 0. The maximum Gasteiger partial charge on any atom is 0.129 e. The molecule has 2 rings (SSSR count). The van der Waals surface area contributed by atoms with E-state index in [1.165, 1.54) is 12.8 Å². The van der Waals surface area contributed by atoms with Crippen LogP contribution < -0.4 is 10.5 Å². The first-order chi connectivity index (χ1) is 7.66. The summed E-state index contributed by atoms with van der Waals surface area (Å²) in [5, 5.41) is 0. The van der Waals surface area contributed by atoms with Gasteiger partial charge in [0.15, 0.2) is 0 Å². The van der Waals surface area contributed by atoms with E-state index in [1.54, 1.807) is 0 Å². The molecule has 1 fully saturated rings. The first-order valence-corrected chi connectivity index (χ1v) is 6.59. The van der Waals surface area contributed by atoms with E-state index in [2.05, 4.69) is 15.9 Å². The molecule has 0 bridgehead atoms. The number of rotatable bonds is 5. The number of ether oxygens (including phenoxy) is 1. The molecular formula is C12H14BrNOS. The summed E-state index contributed by atoms with van der Waals surface area (Å²) >= 11 is 8.40. The highest BCUT2D eigenvalue weighted by Crippen LogP contribution is 2.32. The van der Waals surface area contributed by atoms with Gasteiger partial charge < -0.3 is 10.5 Å². The molecule has 0 amide bonds. The van der Waals surface area contributed by atoms with Crippen molar-refractivity contribution in [2.24, 2.45) is 11.7 Å². The van der Waals surface area contributed by atoms with E-state index >= 15 is 0 Å². The van der Waals surface area contributed by atoms with Gasteiger partial charge in [-0.3, -0.25) is 0 Å². The number of thiocarbonyl (C=S) groups is 1. The molecule has 0 heterocycles. The summed E-state index contributed by atoms with van der Waals surface area (Å²) in [4.78, 5) is 0.378. The highest BCUT2D eigenvalue weighted by atomic mass is 79.9. The standard InChI is InChI=1S/C12H14BrNOS/c13-9-3-4-11(10(7-9)12(14)16)15-6-5-8-1-2-8/h3-4,7-8H,1-2,5-6H2,(H2,14,16). The molecule has 0 radical (unpaired) electrons. The minimum absolute atomic E-state index is 0.378. The quantitative estimate of drug-likeness (QED) is 0.848. The number of benzene rings is 1. The molecule has 0 aliphatic heterocycles. The summed E-state index contributed by atoms with van der Waals surface area (Å²) in [6.07, 6.45) is 3.84. The van der Waals surface area contributed by atoms with Crippen molar-refractivity contribution < 1.29 is 4.74 Å². The van der Waals surface area contributed by atoms with Gasteiger partial charge in [-0.1, -0.05) is 41.0 Å². The van der Waals surface area contributed by atoms with Gasteiger partial charge in [-0.05, 0) is 30.5 Å². The molecule has 0 aromatic heterocycles. The van der Waals surface area contributed by atoms with Crippen molar-refractivity contribution in [1.82, 2.24) is 0 Å². The minimum atomic E-state index is 0.378. The van der Waals surface area contributed by atoms with E-state index in [0.29, 0.717) is 4.99 Å². The summed E-state index contributed by atoms with van der Waals surface area (Å²) < 4.78 is 6.68. The Kier molecular flexibility index (Phi) is 3.82. The Hall–Kier alpha value is -0.610. The summed E-state index contributed by atoms with van der Waals surface area (Å²) in [6, 6.07) is 5.74. The van der Waals surface area contributed by atoms with Crippen molar-refractivity contribution >= 4 is 33.1 Å². The molecule has 0 spiro atoms. The molecule has 16 heavy (non-hydrogen) atoms. The maximum atomic E-state index is 5.72. The fourth-order valence-electron chi connectivity index (χ4n) is 1.56. The van der Waals surface area contributed by atoms with Crippen LogP contribution in [-0.4, -0.2) is 11.6 Å². The second kappa shape index (κ2) is 5.15. The van der Waals surface area contributed by atoms with Gasteiger partial charge >= 0.3 is 0 Å². The monoisotopic (exact) mass is 299 g/mol. The van der Waals surface area contributed by atoms with Gasteiger partial charge in [0.1, 0.15) is 10.7 Å². The molecule has 2 N–H and O–H groups in total. The molecule has 0 atom stereocenters. The number of halogens is 1. The van der Waals surface area contributed by atoms with Crippen LogP contribution in [0.1, 0.15) is 24.8 Å². The van der Waals surface area contributed by atoms with Gasteiger partial charge in [0, 0.05) is 4.47 Å². The Morgan fingerprint density at radius 1 is 1.50 bits per heavy atom. The molecular weight excluding hydrogens is 286 g/mol. The second-order valence-corrected chi connectivity index (χ2v) is 5.44. The molecule has 2 nitrogen and oxygen atoms in total. The van der Waals surface area contributed by atoms with E-state index in [-0.39, 0.29) is 0 Å². The molecule has 0 saturated heterocycles. The lowest BCUT2D eigenvalue weighted by atomic mass is 10.2. The zero-order valence-electron chi connectivity index (χ0n) is 8.91. The summed E-state index contributed by atoms with van der Waals surface area (Å²) in [5.41, 5.74) is 6.46. The highest BCUT2D eigenvalue weighted by Gasteiger charge is 2.21. The van der Waals surface area contributed by atoms with Crippen LogP contribution in [0.5, 0.6) is 5.75 Å². The van der Waals surface area contributed by atoms with E-state index in [1.807, 2.05) is 18.2 Å². The van der Waals surface area contributed by atoms with Gasteiger partial charge in [-0.15, -0.1) is 0 Å². The maximum absolute atomic E-state index is 5.72. The fourth-order valence-corrected chi connectivity index (χ4v) is 2.08. The average molecular weight is 300 g/mol. The van der Waals surface area contributed by atoms with Crippen molar-refractivity contribution in [1.29, 1.82) is 0 Å². The van der Waals surface area contributed by atoms with Crippen molar-refractivity contribution in [2.75, 3.05) is 6.61 Å². The van der Waals surface area contributed by atoms with Crippen LogP contribution in [0.15, 0.2) is 22.7 Å². The Morgan fingerprint density at radius 3 is 2.88 bits per heavy atom. The third-order valence-corrected chi connectivity index (χ3v) is 3.40. The van der Waals surface area contributed by atoms with Crippen LogP contribution in [0.2, 0.25) is 0 Å². The van der Waals surface area contributed by atoms with Crippen molar-refractivity contribution in [3.63, 3.8) is 0 Å². The number of hydrogen-bond acceptors (Lipinski definition) is 2. The van der Waals surface area contributed by atoms with Gasteiger partial charge in [-0.25, -0.2) is 0 Å². The largest absolute Gasteiger partial charge is 0.493 e. The normalized spacial score (nSPS) is 14.8. The molecule has 1 aromatic carbocycles. The van der Waals surface area contributed by atoms with Crippen LogP contribution >= 0.6 is 28.1 Å². The zero-order chi connectivity index (χ0) is 11.5.